The minimum atomic E-state index is 0.711. The summed E-state index contributed by atoms with van der Waals surface area (Å²) in [5.74, 6) is 0.711. The quantitative estimate of drug-likeness (QED) is 0.615. The fraction of sp³-hybridized carbons (Fsp3) is 0. The molecule has 0 atom stereocenters. The van der Waals surface area contributed by atoms with E-state index >= 15 is 0 Å². The smallest absolute Gasteiger partial charge is 0.134 e. The number of nitriles is 1. The average Bonchev–Trinajstić information content (AvgIpc) is 2.57. The van der Waals surface area contributed by atoms with Crippen molar-refractivity contribution in [3.8, 4) is 6.07 Å². The summed E-state index contributed by atoms with van der Waals surface area (Å²) in [6, 6.07) is 11.6. The van der Waals surface area contributed by atoms with E-state index in [1.807, 2.05) is 36.4 Å². The number of furan rings is 1. The summed E-state index contributed by atoms with van der Waals surface area (Å²) < 4.78 is 5.43. The van der Waals surface area contributed by atoms with Gasteiger partial charge in [0.15, 0.2) is 0 Å². The van der Waals surface area contributed by atoms with Crippen LogP contribution in [0.15, 0.2) is 40.8 Å². The van der Waals surface area contributed by atoms with E-state index in [4.69, 9.17) is 9.68 Å². The molecule has 0 bridgehead atoms. The van der Waals surface area contributed by atoms with Gasteiger partial charge in [-0.05, 0) is 18.2 Å². The van der Waals surface area contributed by atoms with Gasteiger partial charge in [0, 0.05) is 11.5 Å². The number of benzene rings is 1. The van der Waals surface area contributed by atoms with E-state index in [-0.39, 0.29) is 0 Å². The lowest BCUT2D eigenvalue weighted by Crippen LogP contribution is -1.57. The summed E-state index contributed by atoms with van der Waals surface area (Å²) >= 11 is 0. The third-order valence-corrected chi connectivity index (χ3v) is 1.77. The van der Waals surface area contributed by atoms with Gasteiger partial charge in [-0.3, -0.25) is 0 Å². The second kappa shape index (κ2) is 3.16. The Morgan fingerprint density at radius 3 is 2.92 bits per heavy atom. The normalized spacial score (nSPS) is 10.7. The van der Waals surface area contributed by atoms with Crippen molar-refractivity contribution in [2.45, 2.75) is 0 Å². The predicted octanol–water partition coefficient (Wildman–Crippen LogP) is 2.97. The van der Waals surface area contributed by atoms with Crippen molar-refractivity contribution < 1.29 is 4.42 Å². The molecule has 1 aromatic heterocycles. The molecule has 0 N–H and O–H groups in total. The molecule has 0 fully saturated rings. The molecule has 2 heteroatoms. The second-order valence-corrected chi connectivity index (χ2v) is 2.65. The number of allylic oxidation sites excluding steroid dienone is 1. The molecule has 0 aliphatic rings. The SMILES string of the molecule is N#C/C=C/c1cc2ccccc2o1. The van der Waals surface area contributed by atoms with E-state index in [0.717, 1.165) is 11.0 Å². The summed E-state index contributed by atoms with van der Waals surface area (Å²) in [5, 5.41) is 9.38. The third-order valence-electron chi connectivity index (χ3n) is 1.77. The Bertz CT molecular complexity index is 455. The van der Waals surface area contributed by atoms with Crippen LogP contribution in [-0.2, 0) is 0 Å². The maximum atomic E-state index is 8.32. The fourth-order valence-corrected chi connectivity index (χ4v) is 1.20. The third kappa shape index (κ3) is 1.45. The lowest BCUT2D eigenvalue weighted by molar-refractivity contribution is 0.604. The van der Waals surface area contributed by atoms with Crippen LogP contribution in [0.25, 0.3) is 17.0 Å². The van der Waals surface area contributed by atoms with Gasteiger partial charge < -0.3 is 4.42 Å². The van der Waals surface area contributed by atoms with Gasteiger partial charge in [0.2, 0.25) is 0 Å². The Balaban J connectivity index is 2.51. The zero-order valence-corrected chi connectivity index (χ0v) is 6.90. The number of hydrogen-bond donors (Lipinski definition) is 0. The van der Waals surface area contributed by atoms with E-state index in [1.54, 1.807) is 6.08 Å². The highest BCUT2D eigenvalue weighted by Gasteiger charge is 1.97. The summed E-state index contributed by atoms with van der Waals surface area (Å²) in [4.78, 5) is 0. The van der Waals surface area contributed by atoms with Crippen LogP contribution in [0.2, 0.25) is 0 Å². The monoisotopic (exact) mass is 169 g/mol. The Morgan fingerprint density at radius 2 is 2.15 bits per heavy atom. The topological polar surface area (TPSA) is 36.9 Å². The van der Waals surface area contributed by atoms with Crippen LogP contribution in [0, 0.1) is 11.3 Å². The van der Waals surface area contributed by atoms with Gasteiger partial charge in [-0.2, -0.15) is 5.26 Å². The average molecular weight is 169 g/mol. The predicted molar refractivity (Wildman–Crippen MR) is 50.9 cm³/mol. The van der Waals surface area contributed by atoms with E-state index in [1.165, 1.54) is 6.08 Å². The lowest BCUT2D eigenvalue weighted by atomic mass is 10.2. The molecule has 0 aliphatic carbocycles. The fourth-order valence-electron chi connectivity index (χ4n) is 1.20. The number of hydrogen-bond acceptors (Lipinski definition) is 2. The van der Waals surface area contributed by atoms with Gasteiger partial charge in [0.1, 0.15) is 11.3 Å². The molecule has 1 heterocycles. The molecule has 62 valence electrons. The largest absolute Gasteiger partial charge is 0.457 e. The van der Waals surface area contributed by atoms with E-state index in [2.05, 4.69) is 0 Å². The van der Waals surface area contributed by atoms with Crippen LogP contribution >= 0.6 is 0 Å². The van der Waals surface area contributed by atoms with Gasteiger partial charge in [0.05, 0.1) is 6.07 Å². The van der Waals surface area contributed by atoms with Crippen LogP contribution in [0.1, 0.15) is 5.76 Å². The first-order valence-electron chi connectivity index (χ1n) is 3.95. The Hall–Kier alpha value is -2.01. The summed E-state index contributed by atoms with van der Waals surface area (Å²) in [7, 11) is 0. The first-order valence-corrected chi connectivity index (χ1v) is 3.95. The molecular formula is C11H7NO. The highest BCUT2D eigenvalue weighted by atomic mass is 16.3. The van der Waals surface area contributed by atoms with Crippen molar-refractivity contribution >= 4 is 17.0 Å². The Labute approximate surface area is 75.7 Å². The zero-order valence-electron chi connectivity index (χ0n) is 6.90. The Morgan fingerprint density at radius 1 is 1.31 bits per heavy atom. The van der Waals surface area contributed by atoms with Crippen molar-refractivity contribution in [1.29, 1.82) is 5.26 Å². The van der Waals surface area contributed by atoms with Crippen molar-refractivity contribution in [2.75, 3.05) is 0 Å². The lowest BCUT2D eigenvalue weighted by Gasteiger charge is -1.82. The molecule has 0 amide bonds. The molecule has 13 heavy (non-hydrogen) atoms. The highest BCUT2D eigenvalue weighted by molar-refractivity contribution is 5.79. The summed E-state index contributed by atoms with van der Waals surface area (Å²) in [6.07, 6.45) is 3.05. The van der Waals surface area contributed by atoms with E-state index in [0.29, 0.717) is 5.76 Å². The molecule has 0 saturated heterocycles. The number of rotatable bonds is 1. The highest BCUT2D eigenvalue weighted by Crippen LogP contribution is 2.19. The van der Waals surface area contributed by atoms with Crippen LogP contribution in [0.3, 0.4) is 0 Å². The van der Waals surface area contributed by atoms with Crippen LogP contribution in [-0.4, -0.2) is 0 Å². The van der Waals surface area contributed by atoms with Crippen molar-refractivity contribution in [3.63, 3.8) is 0 Å². The van der Waals surface area contributed by atoms with Gasteiger partial charge in [0.25, 0.3) is 0 Å². The minimum Gasteiger partial charge on any atom is -0.457 e. The molecule has 0 saturated carbocycles. The molecule has 0 aliphatic heterocycles. The van der Waals surface area contributed by atoms with Crippen molar-refractivity contribution in [3.05, 3.63) is 42.2 Å². The van der Waals surface area contributed by atoms with E-state index < -0.39 is 0 Å². The molecule has 0 spiro atoms. The number of nitrogens with zero attached hydrogens (tertiary/aromatic N) is 1. The summed E-state index contributed by atoms with van der Waals surface area (Å²) in [5.41, 5.74) is 0.847. The van der Waals surface area contributed by atoms with Crippen LogP contribution < -0.4 is 0 Å². The second-order valence-electron chi connectivity index (χ2n) is 2.65. The minimum absolute atomic E-state index is 0.711. The summed E-state index contributed by atoms with van der Waals surface area (Å²) in [6.45, 7) is 0. The van der Waals surface area contributed by atoms with Crippen LogP contribution in [0.5, 0.6) is 0 Å². The van der Waals surface area contributed by atoms with Crippen molar-refractivity contribution in [2.24, 2.45) is 0 Å². The van der Waals surface area contributed by atoms with E-state index in [9.17, 15) is 0 Å². The molecule has 2 aromatic rings. The first kappa shape index (κ1) is 7.63. The maximum absolute atomic E-state index is 8.32. The van der Waals surface area contributed by atoms with Gasteiger partial charge in [-0.15, -0.1) is 0 Å². The van der Waals surface area contributed by atoms with Crippen LogP contribution in [0.4, 0.5) is 0 Å². The first-order chi connectivity index (χ1) is 6.40. The standard InChI is InChI=1S/C11H7NO/c12-7-3-5-10-8-9-4-1-2-6-11(9)13-10/h1-6,8H/b5-3+. The molecule has 0 radical (unpaired) electrons. The van der Waals surface area contributed by atoms with Crippen molar-refractivity contribution in [1.82, 2.24) is 0 Å². The zero-order chi connectivity index (χ0) is 9.10. The Kier molecular flexibility index (Phi) is 1.85. The molecule has 2 rings (SSSR count). The molecule has 1 aromatic carbocycles. The van der Waals surface area contributed by atoms with Gasteiger partial charge in [-0.25, -0.2) is 0 Å². The van der Waals surface area contributed by atoms with Gasteiger partial charge in [-0.1, -0.05) is 18.2 Å². The molecular weight excluding hydrogens is 162 g/mol. The number of fused-ring (bicyclic) bond motifs is 1. The molecule has 0 unspecified atom stereocenters. The maximum Gasteiger partial charge on any atom is 0.134 e. The molecule has 2 nitrogen and oxygen atoms in total. The number of para-hydroxylation sites is 1. The van der Waals surface area contributed by atoms with Gasteiger partial charge >= 0.3 is 0 Å².